The zero-order valence-corrected chi connectivity index (χ0v) is 21.2. The third-order valence-corrected chi connectivity index (χ3v) is 9.69. The van der Waals surface area contributed by atoms with Gasteiger partial charge in [0.15, 0.2) is 0 Å². The normalized spacial score (nSPS) is 19.3. The van der Waals surface area contributed by atoms with E-state index in [9.17, 15) is 17.7 Å². The monoisotopic (exact) mass is 502 g/mol. The first-order valence-corrected chi connectivity index (χ1v) is 13.6. The molecule has 1 atom stereocenters. The van der Waals surface area contributed by atoms with Crippen molar-refractivity contribution in [3.63, 3.8) is 0 Å². The lowest BCUT2D eigenvalue weighted by molar-refractivity contribution is -0.137. The molecular formula is C25H34ClF3N2OS. The standard InChI is InChI=1S/C25H34ClF3N2OS/c1-24(2,3)11-14-31-12-9-20(10-13-31)33(4,32)19-7-5-17(6-8-19)23-21(25(27,28)29)15-18(30)16-22(23)26/h5-8,15-16,20,32H,9-14,30H2,1-4H3. The van der Waals surface area contributed by atoms with E-state index in [-0.39, 0.29) is 21.5 Å². The summed E-state index contributed by atoms with van der Waals surface area (Å²) in [6.07, 6.45) is 0.266. The molecule has 8 heteroatoms. The third kappa shape index (κ3) is 6.38. The van der Waals surface area contributed by atoms with E-state index in [1.165, 1.54) is 6.07 Å². The minimum atomic E-state index is -4.58. The fourth-order valence-electron chi connectivity index (χ4n) is 4.32. The molecule has 184 valence electrons. The fraction of sp³-hybridized carbons (Fsp3) is 0.520. The lowest BCUT2D eigenvalue weighted by Crippen LogP contribution is -2.39. The topological polar surface area (TPSA) is 49.5 Å². The average molecular weight is 503 g/mol. The number of benzene rings is 2. The number of hydrogen-bond acceptors (Lipinski definition) is 3. The van der Waals surface area contributed by atoms with Gasteiger partial charge < -0.3 is 15.2 Å². The van der Waals surface area contributed by atoms with Crippen LogP contribution in [0.25, 0.3) is 11.1 Å². The molecule has 33 heavy (non-hydrogen) atoms. The minimum Gasteiger partial charge on any atom is -0.399 e. The molecule has 2 aromatic carbocycles. The maximum atomic E-state index is 13.6. The second kappa shape index (κ2) is 9.68. The van der Waals surface area contributed by atoms with E-state index in [0.717, 1.165) is 49.9 Å². The first kappa shape index (κ1) is 26.2. The summed E-state index contributed by atoms with van der Waals surface area (Å²) in [5.74, 6) is 0. The fourth-order valence-corrected chi connectivity index (χ4v) is 6.86. The molecule has 0 saturated carbocycles. The zero-order chi connectivity index (χ0) is 24.6. The first-order valence-electron chi connectivity index (χ1n) is 11.2. The Balaban J connectivity index is 1.77. The van der Waals surface area contributed by atoms with E-state index in [1.54, 1.807) is 24.3 Å². The minimum absolute atomic E-state index is 0.0334. The van der Waals surface area contributed by atoms with Crippen LogP contribution in [0.1, 0.15) is 45.6 Å². The molecule has 2 aromatic rings. The summed E-state index contributed by atoms with van der Waals surface area (Å²) in [7, 11) is -2.09. The third-order valence-electron chi connectivity index (χ3n) is 6.40. The molecule has 0 amide bonds. The maximum absolute atomic E-state index is 13.6. The number of nitrogens with zero attached hydrogens (tertiary/aromatic N) is 1. The Hall–Kier alpha value is -1.41. The van der Waals surface area contributed by atoms with E-state index in [0.29, 0.717) is 11.0 Å². The van der Waals surface area contributed by atoms with Gasteiger partial charge in [-0.1, -0.05) is 44.5 Å². The van der Waals surface area contributed by atoms with Crippen molar-refractivity contribution in [2.24, 2.45) is 5.41 Å². The van der Waals surface area contributed by atoms with E-state index in [1.807, 2.05) is 6.26 Å². The SMILES string of the molecule is CC(C)(C)CCN1CCC(S(C)(O)c2ccc(-c3c(Cl)cc(N)cc3C(F)(F)F)cc2)CC1. The quantitative estimate of drug-likeness (QED) is 0.410. The van der Waals surface area contributed by atoms with Gasteiger partial charge >= 0.3 is 6.18 Å². The highest BCUT2D eigenvalue weighted by Crippen LogP contribution is 2.56. The largest absolute Gasteiger partial charge is 0.417 e. The van der Waals surface area contributed by atoms with Crippen LogP contribution in [0.5, 0.6) is 0 Å². The lowest BCUT2D eigenvalue weighted by Gasteiger charge is -2.43. The van der Waals surface area contributed by atoms with Crippen LogP contribution in [0.4, 0.5) is 18.9 Å². The number of piperidine rings is 1. The van der Waals surface area contributed by atoms with Crippen LogP contribution in [0.2, 0.25) is 5.02 Å². The number of rotatable bonds is 5. The van der Waals surface area contributed by atoms with Crippen molar-refractivity contribution in [2.75, 3.05) is 31.6 Å². The Morgan fingerprint density at radius 3 is 2.18 bits per heavy atom. The number of halogens is 4. The van der Waals surface area contributed by atoms with Crippen molar-refractivity contribution in [1.82, 2.24) is 4.90 Å². The highest BCUT2D eigenvalue weighted by Gasteiger charge is 2.36. The van der Waals surface area contributed by atoms with Crippen molar-refractivity contribution in [2.45, 2.75) is 56.4 Å². The van der Waals surface area contributed by atoms with Gasteiger partial charge in [0.05, 0.1) is 10.6 Å². The van der Waals surface area contributed by atoms with Crippen LogP contribution in [0.3, 0.4) is 0 Å². The number of anilines is 1. The van der Waals surface area contributed by atoms with Crippen LogP contribution in [0.15, 0.2) is 41.3 Å². The Kier molecular flexibility index (Phi) is 7.69. The van der Waals surface area contributed by atoms with Crippen LogP contribution >= 0.6 is 21.9 Å². The number of likely N-dealkylation sites (tertiary alicyclic amines) is 1. The van der Waals surface area contributed by atoms with E-state index >= 15 is 0 Å². The van der Waals surface area contributed by atoms with Crippen molar-refractivity contribution in [1.29, 1.82) is 0 Å². The van der Waals surface area contributed by atoms with Crippen LogP contribution in [-0.2, 0) is 6.18 Å². The predicted molar refractivity (Wildman–Crippen MR) is 134 cm³/mol. The Bertz CT molecular complexity index is 963. The number of nitrogens with two attached hydrogens (primary N) is 1. The summed E-state index contributed by atoms with van der Waals surface area (Å²) in [6, 6.07) is 8.94. The molecule has 0 aromatic heterocycles. The van der Waals surface area contributed by atoms with E-state index in [2.05, 4.69) is 25.7 Å². The molecule has 1 aliphatic rings. The van der Waals surface area contributed by atoms with Gasteiger partial charge in [0.1, 0.15) is 0 Å². The maximum Gasteiger partial charge on any atom is 0.417 e. The molecular weight excluding hydrogens is 469 g/mol. The second-order valence-corrected chi connectivity index (χ2v) is 13.7. The Morgan fingerprint density at radius 2 is 1.67 bits per heavy atom. The summed E-state index contributed by atoms with van der Waals surface area (Å²) < 4.78 is 52.2. The molecule has 0 aliphatic carbocycles. The lowest BCUT2D eigenvalue weighted by atomic mass is 9.92. The molecule has 3 N–H and O–H groups in total. The van der Waals surface area contributed by atoms with Gasteiger partial charge in [0, 0.05) is 21.4 Å². The summed E-state index contributed by atoms with van der Waals surface area (Å²) in [5.41, 5.74) is 5.27. The first-order chi connectivity index (χ1) is 15.2. The summed E-state index contributed by atoms with van der Waals surface area (Å²) in [4.78, 5) is 3.24. The van der Waals surface area contributed by atoms with Gasteiger partial charge in [-0.25, -0.2) is 0 Å². The molecule has 1 unspecified atom stereocenters. The van der Waals surface area contributed by atoms with Crippen LogP contribution in [-0.4, -0.2) is 40.6 Å². The van der Waals surface area contributed by atoms with Gasteiger partial charge in [0.25, 0.3) is 0 Å². The molecule has 0 spiro atoms. The second-order valence-electron chi connectivity index (χ2n) is 10.2. The molecule has 0 bridgehead atoms. The molecule has 0 radical (unpaired) electrons. The van der Waals surface area contributed by atoms with E-state index in [4.69, 9.17) is 17.3 Å². The molecule has 3 nitrogen and oxygen atoms in total. The van der Waals surface area contributed by atoms with Crippen molar-refractivity contribution in [3.8, 4) is 11.1 Å². The van der Waals surface area contributed by atoms with Gasteiger partial charge in [0.2, 0.25) is 0 Å². The van der Waals surface area contributed by atoms with Gasteiger partial charge in [-0.2, -0.15) is 13.2 Å². The van der Waals surface area contributed by atoms with Crippen molar-refractivity contribution >= 4 is 27.6 Å². The van der Waals surface area contributed by atoms with Gasteiger partial charge in [-0.3, -0.25) is 0 Å². The van der Waals surface area contributed by atoms with Gasteiger partial charge in [-0.05, 0) is 80.4 Å². The molecule has 3 rings (SSSR count). The summed E-state index contributed by atoms with van der Waals surface area (Å²) in [5, 5.41) is 0.122. The molecule has 1 fully saturated rings. The van der Waals surface area contributed by atoms with Crippen molar-refractivity contribution < 1.29 is 17.7 Å². The highest BCUT2D eigenvalue weighted by molar-refractivity contribution is 8.29. The Morgan fingerprint density at radius 1 is 1.09 bits per heavy atom. The van der Waals surface area contributed by atoms with Crippen LogP contribution < -0.4 is 5.73 Å². The Labute approximate surface area is 201 Å². The number of nitrogen functional groups attached to an aromatic ring is 1. The van der Waals surface area contributed by atoms with E-state index < -0.39 is 22.0 Å². The van der Waals surface area contributed by atoms with Crippen LogP contribution in [0, 0.1) is 5.41 Å². The summed E-state index contributed by atoms with van der Waals surface area (Å²) >= 11 is 6.17. The highest BCUT2D eigenvalue weighted by atomic mass is 35.5. The average Bonchev–Trinajstić information content (AvgIpc) is 2.71. The number of hydrogen-bond donors (Lipinski definition) is 2. The zero-order valence-electron chi connectivity index (χ0n) is 19.7. The van der Waals surface area contributed by atoms with Gasteiger partial charge in [-0.15, -0.1) is 10.3 Å². The molecule has 1 heterocycles. The summed E-state index contributed by atoms with van der Waals surface area (Å²) in [6.45, 7) is 9.71. The molecule has 1 saturated heterocycles. The smallest absolute Gasteiger partial charge is 0.399 e. The predicted octanol–water partition coefficient (Wildman–Crippen LogP) is 7.77. The van der Waals surface area contributed by atoms with Crippen molar-refractivity contribution in [3.05, 3.63) is 47.0 Å². The molecule has 1 aliphatic heterocycles. The number of alkyl halides is 3.